The first-order chi connectivity index (χ1) is 9.07. The van der Waals surface area contributed by atoms with Gasteiger partial charge in [0.2, 0.25) is 0 Å². The Labute approximate surface area is 111 Å². The van der Waals surface area contributed by atoms with E-state index < -0.39 is 10.3 Å². The summed E-state index contributed by atoms with van der Waals surface area (Å²) in [6.45, 7) is 0. The van der Waals surface area contributed by atoms with Gasteiger partial charge in [-0.2, -0.15) is 0 Å². The van der Waals surface area contributed by atoms with Crippen LogP contribution in [0.15, 0.2) is 30.3 Å². The standard InChI is InChI=1S/C14H15NO4/c1-19-13(16)14(8-2-9-14)10-7-11-3-5-12(6-4-11)15(17)18/h3-7,10H,2,8-9H2,1H3/b10-7+. The maximum absolute atomic E-state index is 11.7. The molecule has 0 bridgehead atoms. The number of benzene rings is 1. The van der Waals surface area contributed by atoms with E-state index in [1.165, 1.54) is 19.2 Å². The van der Waals surface area contributed by atoms with Gasteiger partial charge in [-0.1, -0.05) is 18.6 Å². The number of carbonyl (C=O) groups is 1. The van der Waals surface area contributed by atoms with Crippen LogP contribution in [0.1, 0.15) is 24.8 Å². The van der Waals surface area contributed by atoms with Crippen LogP contribution in [-0.4, -0.2) is 18.0 Å². The zero-order chi connectivity index (χ0) is 13.9. The molecule has 0 heterocycles. The minimum atomic E-state index is -0.503. The number of ether oxygens (including phenoxy) is 1. The van der Waals surface area contributed by atoms with E-state index in [1.54, 1.807) is 12.1 Å². The highest BCUT2D eigenvalue weighted by Gasteiger charge is 2.42. The number of hydrogen-bond donors (Lipinski definition) is 0. The minimum absolute atomic E-state index is 0.0588. The van der Waals surface area contributed by atoms with Crippen molar-refractivity contribution < 1.29 is 14.5 Å². The fourth-order valence-electron chi connectivity index (χ4n) is 2.16. The van der Waals surface area contributed by atoms with E-state index >= 15 is 0 Å². The van der Waals surface area contributed by atoms with Gasteiger partial charge in [0.15, 0.2) is 0 Å². The Kier molecular flexibility index (Phi) is 3.64. The number of nitro groups is 1. The van der Waals surface area contributed by atoms with Crippen molar-refractivity contribution in [1.82, 2.24) is 0 Å². The molecule has 0 radical (unpaired) electrons. The lowest BCUT2D eigenvalue weighted by atomic mass is 9.68. The summed E-state index contributed by atoms with van der Waals surface area (Å²) in [6, 6.07) is 6.23. The van der Waals surface area contributed by atoms with E-state index in [9.17, 15) is 14.9 Å². The van der Waals surface area contributed by atoms with Crippen molar-refractivity contribution in [3.8, 4) is 0 Å². The van der Waals surface area contributed by atoms with E-state index in [-0.39, 0.29) is 11.7 Å². The van der Waals surface area contributed by atoms with Gasteiger partial charge >= 0.3 is 5.97 Å². The Morgan fingerprint density at radius 1 is 1.37 bits per heavy atom. The number of rotatable bonds is 4. The molecule has 5 heteroatoms. The monoisotopic (exact) mass is 261 g/mol. The number of nitrogens with zero attached hydrogens (tertiary/aromatic N) is 1. The summed E-state index contributed by atoms with van der Waals surface area (Å²) in [5, 5.41) is 10.5. The van der Waals surface area contributed by atoms with E-state index in [0.29, 0.717) is 0 Å². The van der Waals surface area contributed by atoms with Crippen LogP contribution in [0.5, 0.6) is 0 Å². The second-order valence-corrected chi connectivity index (χ2v) is 4.68. The van der Waals surface area contributed by atoms with Gasteiger partial charge in [0, 0.05) is 12.1 Å². The molecule has 0 saturated heterocycles. The highest BCUT2D eigenvalue weighted by atomic mass is 16.6. The van der Waals surface area contributed by atoms with Crippen LogP contribution in [0.25, 0.3) is 6.08 Å². The summed E-state index contributed by atoms with van der Waals surface area (Å²) >= 11 is 0. The number of nitro benzene ring substituents is 1. The number of carbonyl (C=O) groups excluding carboxylic acids is 1. The van der Waals surface area contributed by atoms with Crippen LogP contribution in [0, 0.1) is 15.5 Å². The van der Waals surface area contributed by atoms with E-state index in [4.69, 9.17) is 4.74 Å². The summed E-state index contributed by atoms with van der Waals surface area (Å²) in [5.41, 5.74) is 0.389. The van der Waals surface area contributed by atoms with Gasteiger partial charge in [-0.25, -0.2) is 0 Å². The van der Waals surface area contributed by atoms with Crippen molar-refractivity contribution >= 4 is 17.7 Å². The predicted octanol–water partition coefficient (Wildman–Crippen LogP) is 2.95. The normalized spacial score (nSPS) is 16.9. The van der Waals surface area contributed by atoms with E-state index in [2.05, 4.69) is 0 Å². The summed E-state index contributed by atoms with van der Waals surface area (Å²) in [5.74, 6) is -0.211. The Hall–Kier alpha value is -2.17. The second-order valence-electron chi connectivity index (χ2n) is 4.68. The molecule has 100 valence electrons. The third kappa shape index (κ3) is 2.65. The van der Waals surface area contributed by atoms with Gasteiger partial charge in [0.1, 0.15) is 0 Å². The fraction of sp³-hybridized carbons (Fsp3) is 0.357. The molecule has 0 aromatic heterocycles. The van der Waals surface area contributed by atoms with Gasteiger partial charge in [0.05, 0.1) is 17.4 Å². The van der Waals surface area contributed by atoms with Crippen molar-refractivity contribution in [2.24, 2.45) is 5.41 Å². The molecule has 0 amide bonds. The molecule has 1 aromatic carbocycles. The molecule has 1 aromatic rings. The van der Waals surface area contributed by atoms with Crippen molar-refractivity contribution in [3.63, 3.8) is 0 Å². The molecule has 0 aliphatic heterocycles. The lowest BCUT2D eigenvalue weighted by Crippen LogP contribution is -2.36. The van der Waals surface area contributed by atoms with Gasteiger partial charge in [0.25, 0.3) is 5.69 Å². The lowest BCUT2D eigenvalue weighted by Gasteiger charge is -2.36. The average molecular weight is 261 g/mol. The molecule has 0 unspecified atom stereocenters. The van der Waals surface area contributed by atoms with Crippen molar-refractivity contribution in [3.05, 3.63) is 46.0 Å². The Bertz CT molecular complexity index is 515. The first-order valence-corrected chi connectivity index (χ1v) is 6.09. The molecule has 0 N–H and O–H groups in total. The van der Waals surface area contributed by atoms with E-state index in [1.807, 2.05) is 12.2 Å². The van der Waals surface area contributed by atoms with Crippen molar-refractivity contribution in [2.45, 2.75) is 19.3 Å². The number of hydrogen-bond acceptors (Lipinski definition) is 4. The zero-order valence-electron chi connectivity index (χ0n) is 10.7. The zero-order valence-corrected chi connectivity index (χ0v) is 10.7. The third-order valence-corrected chi connectivity index (χ3v) is 3.54. The summed E-state index contributed by atoms with van der Waals surface area (Å²) in [6.07, 6.45) is 6.27. The van der Waals surface area contributed by atoms with Crippen LogP contribution in [-0.2, 0) is 9.53 Å². The molecule has 5 nitrogen and oxygen atoms in total. The average Bonchev–Trinajstić information content (AvgIpc) is 2.37. The van der Waals surface area contributed by atoms with Crippen LogP contribution < -0.4 is 0 Å². The second kappa shape index (κ2) is 5.22. The summed E-state index contributed by atoms with van der Waals surface area (Å²) < 4.78 is 4.82. The topological polar surface area (TPSA) is 69.4 Å². The number of esters is 1. The SMILES string of the molecule is COC(=O)C1(/C=C/c2ccc([N+](=O)[O-])cc2)CCC1. The third-order valence-electron chi connectivity index (χ3n) is 3.54. The smallest absolute Gasteiger partial charge is 0.315 e. The number of non-ortho nitro benzene ring substituents is 1. The molecule has 1 aliphatic rings. The van der Waals surface area contributed by atoms with Crippen LogP contribution in [0.2, 0.25) is 0 Å². The van der Waals surface area contributed by atoms with Gasteiger partial charge in [-0.3, -0.25) is 14.9 Å². The quantitative estimate of drug-likeness (QED) is 0.474. The maximum Gasteiger partial charge on any atom is 0.315 e. The van der Waals surface area contributed by atoms with Crippen LogP contribution in [0.3, 0.4) is 0 Å². The highest BCUT2D eigenvalue weighted by molar-refractivity contribution is 5.81. The molecule has 19 heavy (non-hydrogen) atoms. The predicted molar refractivity (Wildman–Crippen MR) is 70.4 cm³/mol. The molecule has 2 rings (SSSR count). The highest BCUT2D eigenvalue weighted by Crippen LogP contribution is 2.43. The maximum atomic E-state index is 11.7. The summed E-state index contributed by atoms with van der Waals surface area (Å²) in [4.78, 5) is 21.8. The molecule has 1 saturated carbocycles. The molecular weight excluding hydrogens is 246 g/mol. The molecule has 1 aliphatic carbocycles. The lowest BCUT2D eigenvalue weighted by molar-refractivity contribution is -0.384. The summed E-state index contributed by atoms with van der Waals surface area (Å²) in [7, 11) is 1.39. The fourth-order valence-corrected chi connectivity index (χ4v) is 2.16. The molecule has 1 fully saturated rings. The number of methoxy groups -OCH3 is 1. The van der Waals surface area contributed by atoms with Crippen LogP contribution in [0.4, 0.5) is 5.69 Å². The first-order valence-electron chi connectivity index (χ1n) is 6.09. The van der Waals surface area contributed by atoms with Crippen LogP contribution >= 0.6 is 0 Å². The first kappa shape index (κ1) is 13.3. The Balaban J connectivity index is 2.13. The van der Waals surface area contributed by atoms with Gasteiger partial charge in [-0.15, -0.1) is 0 Å². The minimum Gasteiger partial charge on any atom is -0.468 e. The van der Waals surface area contributed by atoms with Gasteiger partial charge in [-0.05, 0) is 30.5 Å². The molecule has 0 atom stereocenters. The largest absolute Gasteiger partial charge is 0.468 e. The molecule has 0 spiro atoms. The van der Waals surface area contributed by atoms with Gasteiger partial charge < -0.3 is 4.74 Å². The Morgan fingerprint density at radius 2 is 2.00 bits per heavy atom. The van der Waals surface area contributed by atoms with Crippen molar-refractivity contribution in [1.29, 1.82) is 0 Å². The van der Waals surface area contributed by atoms with E-state index in [0.717, 1.165) is 24.8 Å². The van der Waals surface area contributed by atoms with Crippen molar-refractivity contribution in [2.75, 3.05) is 7.11 Å². The molecular formula is C14H15NO4. The Morgan fingerprint density at radius 3 is 2.42 bits per heavy atom.